The highest BCUT2D eigenvalue weighted by Crippen LogP contribution is 2.23. The lowest BCUT2D eigenvalue weighted by Gasteiger charge is -2.07. The van der Waals surface area contributed by atoms with Crippen LogP contribution in [0.1, 0.15) is 10.4 Å². The summed E-state index contributed by atoms with van der Waals surface area (Å²) in [6, 6.07) is 6.58. The van der Waals surface area contributed by atoms with E-state index in [9.17, 15) is 14.0 Å². The molecular weight excluding hydrogens is 303 g/mol. The standard InChI is InChI=1S/C12H8BrFN2O2/c13-9-2-1-8(14)6-10(9)16-12(18)7-3-4-15-11(17)5-7/h1-6H,(H,15,17)(H,16,18). The first-order chi connectivity index (χ1) is 8.56. The number of nitrogens with one attached hydrogen (secondary N) is 2. The first-order valence-electron chi connectivity index (χ1n) is 5.01. The zero-order valence-electron chi connectivity index (χ0n) is 9.04. The zero-order chi connectivity index (χ0) is 13.1. The molecule has 2 aromatic rings. The van der Waals surface area contributed by atoms with E-state index in [1.165, 1.54) is 36.5 Å². The minimum atomic E-state index is -0.479. The first-order valence-corrected chi connectivity index (χ1v) is 5.81. The van der Waals surface area contributed by atoms with Gasteiger partial charge in [-0.05, 0) is 40.2 Å². The number of anilines is 1. The maximum Gasteiger partial charge on any atom is 0.255 e. The predicted molar refractivity (Wildman–Crippen MR) is 69.1 cm³/mol. The van der Waals surface area contributed by atoms with Crippen LogP contribution in [-0.2, 0) is 0 Å². The second-order valence-corrected chi connectivity index (χ2v) is 4.37. The number of carbonyl (C=O) groups excluding carboxylic acids is 1. The van der Waals surface area contributed by atoms with Crippen LogP contribution in [0.4, 0.5) is 10.1 Å². The number of aromatic nitrogens is 1. The van der Waals surface area contributed by atoms with E-state index >= 15 is 0 Å². The van der Waals surface area contributed by atoms with Gasteiger partial charge in [0, 0.05) is 22.3 Å². The molecule has 0 aliphatic carbocycles. The smallest absolute Gasteiger partial charge is 0.255 e. The summed E-state index contributed by atoms with van der Waals surface area (Å²) in [7, 11) is 0. The van der Waals surface area contributed by atoms with Crippen LogP contribution in [0, 0.1) is 5.82 Å². The monoisotopic (exact) mass is 310 g/mol. The van der Waals surface area contributed by atoms with Gasteiger partial charge in [-0.3, -0.25) is 9.59 Å². The second-order valence-electron chi connectivity index (χ2n) is 3.52. The van der Waals surface area contributed by atoms with Gasteiger partial charge >= 0.3 is 0 Å². The fourth-order valence-corrected chi connectivity index (χ4v) is 1.72. The van der Waals surface area contributed by atoms with E-state index in [1.807, 2.05) is 0 Å². The Morgan fingerprint density at radius 2 is 2.06 bits per heavy atom. The van der Waals surface area contributed by atoms with E-state index in [2.05, 4.69) is 26.2 Å². The Balaban J connectivity index is 2.26. The van der Waals surface area contributed by atoms with E-state index in [0.29, 0.717) is 10.2 Å². The molecule has 0 radical (unpaired) electrons. The van der Waals surface area contributed by atoms with E-state index in [4.69, 9.17) is 0 Å². The largest absolute Gasteiger partial charge is 0.329 e. The Labute approximate surface area is 110 Å². The van der Waals surface area contributed by atoms with Crippen molar-refractivity contribution < 1.29 is 9.18 Å². The molecule has 0 saturated carbocycles. The highest BCUT2D eigenvalue weighted by Gasteiger charge is 2.09. The van der Waals surface area contributed by atoms with E-state index in [0.717, 1.165) is 0 Å². The zero-order valence-corrected chi connectivity index (χ0v) is 10.6. The van der Waals surface area contributed by atoms with Crippen molar-refractivity contribution in [3.05, 3.63) is 62.7 Å². The van der Waals surface area contributed by atoms with Crippen molar-refractivity contribution in [1.82, 2.24) is 4.98 Å². The molecule has 18 heavy (non-hydrogen) atoms. The van der Waals surface area contributed by atoms with Crippen molar-refractivity contribution in [2.75, 3.05) is 5.32 Å². The normalized spacial score (nSPS) is 10.1. The third-order valence-electron chi connectivity index (χ3n) is 2.21. The van der Waals surface area contributed by atoms with Crippen LogP contribution in [0.25, 0.3) is 0 Å². The number of aromatic amines is 1. The highest BCUT2D eigenvalue weighted by molar-refractivity contribution is 9.10. The van der Waals surface area contributed by atoms with Gasteiger partial charge in [-0.1, -0.05) is 0 Å². The van der Waals surface area contributed by atoms with E-state index < -0.39 is 11.7 Å². The molecule has 4 nitrogen and oxygen atoms in total. The van der Waals surface area contributed by atoms with Gasteiger partial charge in [0.25, 0.3) is 5.91 Å². The summed E-state index contributed by atoms with van der Waals surface area (Å²) in [5.74, 6) is -0.938. The summed E-state index contributed by atoms with van der Waals surface area (Å²) in [6.07, 6.45) is 1.37. The molecule has 0 aliphatic heterocycles. The number of hydrogen-bond donors (Lipinski definition) is 2. The Bertz CT molecular complexity index is 655. The topological polar surface area (TPSA) is 62.0 Å². The number of benzene rings is 1. The fraction of sp³-hybridized carbons (Fsp3) is 0. The molecule has 1 aromatic carbocycles. The Morgan fingerprint density at radius 3 is 2.78 bits per heavy atom. The lowest BCUT2D eigenvalue weighted by atomic mass is 10.2. The average Bonchev–Trinajstić information content (AvgIpc) is 2.34. The van der Waals surface area contributed by atoms with Crippen molar-refractivity contribution in [1.29, 1.82) is 0 Å². The summed E-state index contributed by atoms with van der Waals surface area (Å²) in [6.45, 7) is 0. The predicted octanol–water partition coefficient (Wildman–Crippen LogP) is 2.53. The quantitative estimate of drug-likeness (QED) is 0.895. The minimum Gasteiger partial charge on any atom is -0.329 e. The Hall–Kier alpha value is -1.95. The lowest BCUT2D eigenvalue weighted by molar-refractivity contribution is 0.102. The molecule has 0 saturated heterocycles. The summed E-state index contributed by atoms with van der Waals surface area (Å²) in [5.41, 5.74) is 0.135. The van der Waals surface area contributed by atoms with Crippen LogP contribution >= 0.6 is 15.9 Å². The maximum atomic E-state index is 13.0. The molecule has 2 rings (SSSR count). The molecule has 2 N–H and O–H groups in total. The van der Waals surface area contributed by atoms with Gasteiger partial charge in [0.1, 0.15) is 5.82 Å². The molecule has 1 heterocycles. The fourth-order valence-electron chi connectivity index (χ4n) is 1.37. The Morgan fingerprint density at radius 1 is 1.28 bits per heavy atom. The molecule has 0 fully saturated rings. The molecule has 6 heteroatoms. The van der Waals surface area contributed by atoms with Gasteiger partial charge in [0.2, 0.25) is 5.56 Å². The van der Waals surface area contributed by atoms with Crippen molar-refractivity contribution in [3.63, 3.8) is 0 Å². The molecule has 92 valence electrons. The summed E-state index contributed by atoms with van der Waals surface area (Å²) in [4.78, 5) is 25.3. The lowest BCUT2D eigenvalue weighted by Crippen LogP contribution is -2.15. The number of carbonyl (C=O) groups is 1. The highest BCUT2D eigenvalue weighted by atomic mass is 79.9. The van der Waals surface area contributed by atoms with E-state index in [1.54, 1.807) is 0 Å². The van der Waals surface area contributed by atoms with Crippen LogP contribution < -0.4 is 10.9 Å². The maximum absolute atomic E-state index is 13.0. The number of pyridine rings is 1. The third-order valence-corrected chi connectivity index (χ3v) is 2.91. The van der Waals surface area contributed by atoms with Crippen molar-refractivity contribution in [2.45, 2.75) is 0 Å². The number of amides is 1. The SMILES string of the molecule is O=C(Nc1cc(F)ccc1Br)c1cc[nH]c(=O)c1. The van der Waals surface area contributed by atoms with Gasteiger partial charge in [-0.25, -0.2) is 4.39 Å². The molecule has 0 bridgehead atoms. The van der Waals surface area contributed by atoms with Gasteiger partial charge in [-0.15, -0.1) is 0 Å². The third kappa shape index (κ3) is 2.84. The van der Waals surface area contributed by atoms with Gasteiger partial charge in [-0.2, -0.15) is 0 Å². The molecule has 0 aliphatic rings. The first kappa shape index (κ1) is 12.5. The number of halogens is 2. The number of rotatable bonds is 2. The van der Waals surface area contributed by atoms with Crippen molar-refractivity contribution in [2.24, 2.45) is 0 Å². The van der Waals surface area contributed by atoms with Gasteiger partial charge in [0.15, 0.2) is 0 Å². The number of hydrogen-bond acceptors (Lipinski definition) is 2. The number of H-pyrrole nitrogens is 1. The van der Waals surface area contributed by atoms with Gasteiger partial charge in [0.05, 0.1) is 5.69 Å². The van der Waals surface area contributed by atoms with Crippen LogP contribution in [-0.4, -0.2) is 10.9 Å². The average molecular weight is 311 g/mol. The minimum absolute atomic E-state index is 0.204. The van der Waals surface area contributed by atoms with Gasteiger partial charge < -0.3 is 10.3 Å². The van der Waals surface area contributed by atoms with Crippen LogP contribution in [0.5, 0.6) is 0 Å². The van der Waals surface area contributed by atoms with Crippen molar-refractivity contribution >= 4 is 27.5 Å². The molecule has 0 unspecified atom stereocenters. The summed E-state index contributed by atoms with van der Waals surface area (Å²) >= 11 is 3.20. The second kappa shape index (κ2) is 5.14. The molecule has 0 spiro atoms. The van der Waals surface area contributed by atoms with E-state index in [-0.39, 0.29) is 11.1 Å². The summed E-state index contributed by atoms with van der Waals surface area (Å²) < 4.78 is 13.6. The molecule has 1 amide bonds. The van der Waals surface area contributed by atoms with Crippen molar-refractivity contribution in [3.8, 4) is 0 Å². The summed E-state index contributed by atoms with van der Waals surface area (Å²) in [5, 5.41) is 2.52. The molecule has 1 aromatic heterocycles. The molecular formula is C12H8BrFN2O2. The van der Waals surface area contributed by atoms with Crippen LogP contribution in [0.2, 0.25) is 0 Å². The Kier molecular flexibility index (Phi) is 3.57. The molecule has 0 atom stereocenters. The van der Waals surface area contributed by atoms with Crippen LogP contribution in [0.15, 0.2) is 45.8 Å². The van der Waals surface area contributed by atoms with Crippen LogP contribution in [0.3, 0.4) is 0 Å².